The molecule has 0 saturated heterocycles. The lowest BCUT2D eigenvalue weighted by Crippen LogP contribution is -2.15. The summed E-state index contributed by atoms with van der Waals surface area (Å²) < 4.78 is 33.8. The lowest BCUT2D eigenvalue weighted by Gasteiger charge is -2.11. The van der Waals surface area contributed by atoms with Gasteiger partial charge in [0, 0.05) is 17.1 Å². The number of benzene rings is 4. The number of ether oxygens (including phenoxy) is 1. The highest BCUT2D eigenvalue weighted by Crippen LogP contribution is 2.27. The Bertz CT molecular complexity index is 1640. The molecule has 1 amide bonds. The zero-order valence-electron chi connectivity index (χ0n) is 19.2. The van der Waals surface area contributed by atoms with Crippen LogP contribution in [0, 0.1) is 0 Å². The van der Waals surface area contributed by atoms with Gasteiger partial charge in [0.05, 0.1) is 21.8 Å². The van der Waals surface area contributed by atoms with Gasteiger partial charge in [0.25, 0.3) is 15.9 Å². The number of nitrogens with one attached hydrogen (secondary N) is 1. The molecule has 1 heterocycles. The summed E-state index contributed by atoms with van der Waals surface area (Å²) in [5, 5.41) is 3.47. The fourth-order valence-corrected chi connectivity index (χ4v) is 5.19. The number of rotatable bonds is 7. The summed E-state index contributed by atoms with van der Waals surface area (Å²) in [6.45, 7) is 0.419. The highest BCUT2D eigenvalue weighted by atomic mass is 32.2. The third-order valence-corrected chi connectivity index (χ3v) is 7.46. The van der Waals surface area contributed by atoms with Crippen LogP contribution in [0.4, 0.5) is 11.4 Å². The topological polar surface area (TPSA) is 103 Å². The maximum atomic E-state index is 13.3. The van der Waals surface area contributed by atoms with Crippen molar-refractivity contribution in [3.8, 4) is 5.75 Å². The first kappa shape index (κ1) is 23.2. The van der Waals surface area contributed by atoms with Crippen molar-refractivity contribution in [2.75, 3.05) is 11.1 Å². The SMILES string of the molecule is Nc1ccccc1NC(=O)c1ccc(S(=O)(=O)n2ccc3cc(OCc4ccccc4)ccc32)cc1. The van der Waals surface area contributed by atoms with E-state index in [1.54, 1.807) is 42.5 Å². The first-order chi connectivity index (χ1) is 17.4. The zero-order valence-corrected chi connectivity index (χ0v) is 20.0. The predicted molar refractivity (Wildman–Crippen MR) is 141 cm³/mol. The number of anilines is 2. The quantitative estimate of drug-likeness (QED) is 0.297. The van der Waals surface area contributed by atoms with E-state index in [0.717, 1.165) is 10.9 Å². The molecule has 36 heavy (non-hydrogen) atoms. The van der Waals surface area contributed by atoms with Gasteiger partial charge in [0.15, 0.2) is 0 Å². The highest BCUT2D eigenvalue weighted by Gasteiger charge is 2.20. The second-order valence-electron chi connectivity index (χ2n) is 8.18. The molecule has 0 aliphatic carbocycles. The Hall–Kier alpha value is -4.56. The fourth-order valence-electron chi connectivity index (χ4n) is 3.83. The van der Waals surface area contributed by atoms with Gasteiger partial charge in [0.2, 0.25) is 0 Å². The highest BCUT2D eigenvalue weighted by molar-refractivity contribution is 7.90. The Morgan fingerprint density at radius 1 is 0.861 bits per heavy atom. The maximum Gasteiger partial charge on any atom is 0.268 e. The van der Waals surface area contributed by atoms with Crippen molar-refractivity contribution in [3.63, 3.8) is 0 Å². The minimum absolute atomic E-state index is 0.0696. The van der Waals surface area contributed by atoms with E-state index in [1.165, 1.54) is 34.4 Å². The summed E-state index contributed by atoms with van der Waals surface area (Å²) in [6.07, 6.45) is 1.51. The molecule has 3 N–H and O–H groups in total. The molecule has 1 aromatic heterocycles. The van der Waals surface area contributed by atoms with Crippen LogP contribution in [0.5, 0.6) is 5.75 Å². The molecule has 0 aliphatic rings. The van der Waals surface area contributed by atoms with Gasteiger partial charge in [-0.2, -0.15) is 0 Å². The van der Waals surface area contributed by atoms with Gasteiger partial charge in [-0.15, -0.1) is 0 Å². The number of para-hydroxylation sites is 2. The molecule has 0 spiro atoms. The van der Waals surface area contributed by atoms with Crippen molar-refractivity contribution in [3.05, 3.63) is 120 Å². The Balaban J connectivity index is 1.34. The van der Waals surface area contributed by atoms with Crippen LogP contribution in [0.25, 0.3) is 10.9 Å². The molecule has 4 aromatic carbocycles. The summed E-state index contributed by atoms with van der Waals surface area (Å²) in [4.78, 5) is 12.6. The molecule has 0 aliphatic heterocycles. The van der Waals surface area contributed by atoms with E-state index in [4.69, 9.17) is 10.5 Å². The minimum Gasteiger partial charge on any atom is -0.489 e. The normalized spacial score (nSPS) is 11.3. The average molecular weight is 498 g/mol. The molecular formula is C28H23N3O4S. The number of carbonyl (C=O) groups excluding carboxylic acids is 1. The van der Waals surface area contributed by atoms with E-state index in [2.05, 4.69) is 5.32 Å². The van der Waals surface area contributed by atoms with Crippen molar-refractivity contribution < 1.29 is 17.9 Å². The standard InChI is InChI=1S/C28H23N3O4S/c29-25-8-4-5-9-26(25)30-28(32)21-10-13-24(14-11-21)36(33,34)31-17-16-22-18-23(12-15-27(22)31)35-19-20-6-2-1-3-7-20/h1-18H,19,29H2,(H,30,32). The summed E-state index contributed by atoms with van der Waals surface area (Å²) in [6, 6.07) is 29.5. The van der Waals surface area contributed by atoms with Crippen LogP contribution in [0.2, 0.25) is 0 Å². The largest absolute Gasteiger partial charge is 0.489 e. The molecule has 5 aromatic rings. The number of aromatic nitrogens is 1. The molecule has 0 unspecified atom stereocenters. The van der Waals surface area contributed by atoms with E-state index in [-0.39, 0.29) is 10.8 Å². The monoisotopic (exact) mass is 497 g/mol. The first-order valence-corrected chi connectivity index (χ1v) is 12.7. The fraction of sp³-hybridized carbons (Fsp3) is 0.0357. The number of nitrogens with zero attached hydrogens (tertiary/aromatic N) is 1. The van der Waals surface area contributed by atoms with Gasteiger partial charge >= 0.3 is 0 Å². The van der Waals surface area contributed by atoms with Gasteiger partial charge in [-0.05, 0) is 66.2 Å². The van der Waals surface area contributed by atoms with E-state index in [9.17, 15) is 13.2 Å². The second kappa shape index (κ2) is 9.59. The lowest BCUT2D eigenvalue weighted by molar-refractivity contribution is 0.102. The molecule has 0 fully saturated rings. The van der Waals surface area contributed by atoms with E-state index in [0.29, 0.717) is 34.8 Å². The maximum absolute atomic E-state index is 13.3. The summed E-state index contributed by atoms with van der Waals surface area (Å²) >= 11 is 0. The molecule has 180 valence electrons. The van der Waals surface area contributed by atoms with Crippen LogP contribution in [-0.4, -0.2) is 18.3 Å². The van der Waals surface area contributed by atoms with Crippen molar-refractivity contribution in [1.82, 2.24) is 3.97 Å². The van der Waals surface area contributed by atoms with Crippen LogP contribution in [0.15, 0.2) is 114 Å². The van der Waals surface area contributed by atoms with Gasteiger partial charge < -0.3 is 15.8 Å². The molecule has 5 rings (SSSR count). The second-order valence-corrected chi connectivity index (χ2v) is 9.99. The van der Waals surface area contributed by atoms with Crippen molar-refractivity contribution in [2.24, 2.45) is 0 Å². The zero-order chi connectivity index (χ0) is 25.1. The summed E-state index contributed by atoms with van der Waals surface area (Å²) in [5.41, 5.74) is 8.70. The van der Waals surface area contributed by atoms with E-state index in [1.807, 2.05) is 36.4 Å². The van der Waals surface area contributed by atoms with Gasteiger partial charge in [0.1, 0.15) is 12.4 Å². The molecule has 0 saturated carbocycles. The van der Waals surface area contributed by atoms with Crippen LogP contribution in [0.1, 0.15) is 15.9 Å². The Labute approximate surface area is 208 Å². The van der Waals surface area contributed by atoms with E-state index >= 15 is 0 Å². The van der Waals surface area contributed by atoms with Crippen LogP contribution < -0.4 is 15.8 Å². The number of hydrogen-bond donors (Lipinski definition) is 2. The van der Waals surface area contributed by atoms with Gasteiger partial charge in [-0.3, -0.25) is 4.79 Å². The third kappa shape index (κ3) is 4.67. The first-order valence-electron chi connectivity index (χ1n) is 11.2. The number of nitrogen functional groups attached to an aromatic ring is 1. The molecule has 0 radical (unpaired) electrons. The van der Waals surface area contributed by atoms with Gasteiger partial charge in [-0.25, -0.2) is 12.4 Å². The summed E-state index contributed by atoms with van der Waals surface area (Å²) in [5.74, 6) is 0.266. The smallest absolute Gasteiger partial charge is 0.268 e. The van der Waals surface area contributed by atoms with Crippen molar-refractivity contribution >= 4 is 38.2 Å². The third-order valence-electron chi connectivity index (χ3n) is 5.76. The van der Waals surface area contributed by atoms with Crippen molar-refractivity contribution in [1.29, 1.82) is 0 Å². The molecule has 7 nitrogen and oxygen atoms in total. The molecule has 8 heteroatoms. The molecular weight excluding hydrogens is 474 g/mol. The number of carbonyl (C=O) groups is 1. The number of amides is 1. The average Bonchev–Trinajstić information content (AvgIpc) is 3.34. The van der Waals surface area contributed by atoms with Crippen molar-refractivity contribution in [2.45, 2.75) is 11.5 Å². The Kier molecular flexibility index (Phi) is 6.18. The van der Waals surface area contributed by atoms with Crippen LogP contribution in [-0.2, 0) is 16.6 Å². The summed E-state index contributed by atoms with van der Waals surface area (Å²) in [7, 11) is -3.87. The molecule has 0 atom stereocenters. The van der Waals surface area contributed by atoms with Crippen LogP contribution in [0.3, 0.4) is 0 Å². The predicted octanol–water partition coefficient (Wildman–Crippen LogP) is 5.29. The Morgan fingerprint density at radius 3 is 2.33 bits per heavy atom. The molecule has 0 bridgehead atoms. The lowest BCUT2D eigenvalue weighted by atomic mass is 10.2. The number of fused-ring (bicyclic) bond motifs is 1. The number of hydrogen-bond acceptors (Lipinski definition) is 5. The Morgan fingerprint density at radius 2 is 1.58 bits per heavy atom. The number of nitrogens with two attached hydrogens (primary N) is 1. The van der Waals surface area contributed by atoms with Crippen LogP contribution >= 0.6 is 0 Å². The van der Waals surface area contributed by atoms with E-state index < -0.39 is 10.0 Å². The minimum atomic E-state index is -3.87. The van der Waals surface area contributed by atoms with Gasteiger partial charge in [-0.1, -0.05) is 42.5 Å².